The zero-order chi connectivity index (χ0) is 10.8. The second-order valence-electron chi connectivity index (χ2n) is 4.09. The van der Waals surface area contributed by atoms with Crippen molar-refractivity contribution in [2.24, 2.45) is 0 Å². The molecule has 5 nitrogen and oxygen atoms in total. The summed E-state index contributed by atoms with van der Waals surface area (Å²) < 4.78 is 8.87. The first-order chi connectivity index (χ1) is 7.95. The normalized spacial score (nSPS) is 24.8. The lowest BCUT2D eigenvalue weighted by molar-refractivity contribution is 0.556. The Morgan fingerprint density at radius 2 is 2.19 bits per heavy atom. The highest BCUT2D eigenvalue weighted by molar-refractivity contribution is 6.99. The van der Waals surface area contributed by atoms with Crippen molar-refractivity contribution in [1.29, 1.82) is 0 Å². The largest absolute Gasteiger partial charge is 0.379 e. The number of hydrogen-bond donors (Lipinski definition) is 2. The number of hydrogen-bond acceptors (Lipinski definition) is 6. The summed E-state index contributed by atoms with van der Waals surface area (Å²) >= 11 is 1.31. The molecular weight excluding hydrogens is 222 g/mol. The molecule has 2 N–H and O–H groups in total. The molecule has 86 valence electrons. The van der Waals surface area contributed by atoms with E-state index in [1.807, 2.05) is 6.20 Å². The van der Waals surface area contributed by atoms with Crippen molar-refractivity contribution in [1.82, 2.24) is 19.4 Å². The average molecular weight is 237 g/mol. The maximum atomic E-state index is 4.44. The molecule has 0 aromatic carbocycles. The quantitative estimate of drug-likeness (QED) is 0.798. The van der Waals surface area contributed by atoms with E-state index in [1.165, 1.54) is 24.6 Å². The fourth-order valence-corrected chi connectivity index (χ4v) is 2.79. The van der Waals surface area contributed by atoms with Crippen LogP contribution in [0.2, 0.25) is 0 Å². The molecule has 2 aliphatic rings. The van der Waals surface area contributed by atoms with Gasteiger partial charge in [0.25, 0.3) is 0 Å². The summed E-state index contributed by atoms with van der Waals surface area (Å²) in [5.74, 6) is 1.08. The minimum absolute atomic E-state index is 0.204. The Morgan fingerprint density at radius 1 is 1.31 bits per heavy atom. The first kappa shape index (κ1) is 10.0. The second kappa shape index (κ2) is 4.39. The third-order valence-corrected chi connectivity index (χ3v) is 3.56. The molecule has 1 aromatic heterocycles. The van der Waals surface area contributed by atoms with Gasteiger partial charge in [0, 0.05) is 13.1 Å². The Labute approximate surface area is 98.9 Å². The molecule has 2 aliphatic heterocycles. The lowest BCUT2D eigenvalue weighted by Gasteiger charge is -2.21. The van der Waals surface area contributed by atoms with Crippen LogP contribution >= 0.6 is 11.7 Å². The molecule has 3 heterocycles. The van der Waals surface area contributed by atoms with Crippen molar-refractivity contribution < 1.29 is 0 Å². The van der Waals surface area contributed by atoms with Gasteiger partial charge in [-0.15, -0.1) is 0 Å². The number of nitrogens with zero attached hydrogens (tertiary/aromatic N) is 3. The number of nitrogens with one attached hydrogen (secondary N) is 2. The first-order valence-corrected chi connectivity index (χ1v) is 6.39. The van der Waals surface area contributed by atoms with Crippen LogP contribution in [0.3, 0.4) is 0 Å². The molecule has 1 saturated heterocycles. The van der Waals surface area contributed by atoms with Gasteiger partial charge in [0.15, 0.2) is 5.82 Å². The monoisotopic (exact) mass is 237 g/mol. The van der Waals surface area contributed by atoms with Gasteiger partial charge in [0.1, 0.15) is 5.69 Å². The lowest BCUT2D eigenvalue weighted by atomic mass is 10.2. The number of rotatable bonds is 2. The van der Waals surface area contributed by atoms with E-state index >= 15 is 0 Å². The molecule has 0 radical (unpaired) electrons. The molecule has 1 atom stereocenters. The Balaban J connectivity index is 1.86. The van der Waals surface area contributed by atoms with Gasteiger partial charge in [-0.05, 0) is 25.1 Å². The molecule has 0 saturated carbocycles. The van der Waals surface area contributed by atoms with E-state index in [0.717, 1.165) is 31.3 Å². The highest BCUT2D eigenvalue weighted by atomic mass is 32.1. The smallest absolute Gasteiger partial charge is 0.167 e. The number of aromatic nitrogens is 2. The van der Waals surface area contributed by atoms with Gasteiger partial charge < -0.3 is 10.2 Å². The highest BCUT2D eigenvalue weighted by Crippen LogP contribution is 2.28. The molecule has 6 heteroatoms. The van der Waals surface area contributed by atoms with E-state index < -0.39 is 0 Å². The Hall–Kier alpha value is -1.14. The van der Waals surface area contributed by atoms with E-state index in [2.05, 4.69) is 30.4 Å². The summed E-state index contributed by atoms with van der Waals surface area (Å²) in [4.78, 5) is 2.34. The third kappa shape index (κ3) is 1.78. The maximum absolute atomic E-state index is 4.44. The van der Waals surface area contributed by atoms with E-state index in [-0.39, 0.29) is 6.04 Å². The zero-order valence-electron chi connectivity index (χ0n) is 9.02. The van der Waals surface area contributed by atoms with Gasteiger partial charge in [-0.1, -0.05) is 0 Å². The summed E-state index contributed by atoms with van der Waals surface area (Å²) in [5.41, 5.74) is 1.07. The molecule has 16 heavy (non-hydrogen) atoms. The van der Waals surface area contributed by atoms with Crippen molar-refractivity contribution >= 4 is 17.5 Å². The Kier molecular flexibility index (Phi) is 2.75. The molecule has 0 amide bonds. The third-order valence-electron chi connectivity index (χ3n) is 3.03. The van der Waals surface area contributed by atoms with Gasteiger partial charge in [-0.25, -0.2) is 0 Å². The Morgan fingerprint density at radius 3 is 2.94 bits per heavy atom. The molecule has 0 bridgehead atoms. The van der Waals surface area contributed by atoms with Gasteiger partial charge >= 0.3 is 0 Å². The molecule has 3 rings (SSSR count). The van der Waals surface area contributed by atoms with Gasteiger partial charge in [-0.2, -0.15) is 8.75 Å². The molecule has 1 fully saturated rings. The van der Waals surface area contributed by atoms with Crippen LogP contribution in [-0.4, -0.2) is 28.5 Å². The van der Waals surface area contributed by atoms with Crippen molar-refractivity contribution in [2.45, 2.75) is 18.9 Å². The van der Waals surface area contributed by atoms with E-state index in [4.69, 9.17) is 0 Å². The second-order valence-corrected chi connectivity index (χ2v) is 4.62. The summed E-state index contributed by atoms with van der Waals surface area (Å²) in [6.45, 7) is 3.03. The molecule has 0 spiro atoms. The van der Waals surface area contributed by atoms with Crippen molar-refractivity contribution in [2.75, 3.05) is 24.7 Å². The Bertz CT molecular complexity index is 382. The van der Waals surface area contributed by atoms with Crippen LogP contribution in [0, 0.1) is 0 Å². The number of anilines is 1. The fraction of sp³-hybridized carbons (Fsp3) is 0.600. The van der Waals surface area contributed by atoms with Crippen LogP contribution in [0.25, 0.3) is 0 Å². The van der Waals surface area contributed by atoms with Crippen LogP contribution < -0.4 is 15.5 Å². The average Bonchev–Trinajstić information content (AvgIpc) is 3.01. The summed E-state index contributed by atoms with van der Waals surface area (Å²) in [6.07, 6.45) is 6.62. The van der Waals surface area contributed by atoms with Crippen LogP contribution in [0.1, 0.15) is 24.6 Å². The van der Waals surface area contributed by atoms with Gasteiger partial charge in [0.2, 0.25) is 0 Å². The van der Waals surface area contributed by atoms with E-state index in [1.54, 1.807) is 0 Å². The maximum Gasteiger partial charge on any atom is 0.167 e. The van der Waals surface area contributed by atoms with Crippen LogP contribution in [0.4, 0.5) is 5.82 Å². The predicted octanol–water partition coefficient (Wildman–Crippen LogP) is 0.843. The van der Waals surface area contributed by atoms with E-state index in [9.17, 15) is 0 Å². The first-order valence-electron chi connectivity index (χ1n) is 5.66. The standard InChI is InChI=1S/C10H15N5S/c1-2-6-15(5-1)10-9(13-16-14-10)8-3-4-11-7-12-8/h3-4,8,11-12H,1-2,5-7H2. The molecule has 1 aromatic rings. The summed E-state index contributed by atoms with van der Waals surface area (Å²) in [7, 11) is 0. The van der Waals surface area contributed by atoms with Crippen molar-refractivity contribution in [3.05, 3.63) is 18.0 Å². The van der Waals surface area contributed by atoms with Crippen LogP contribution in [0.15, 0.2) is 12.3 Å². The molecular formula is C10H15N5S. The molecule has 0 aliphatic carbocycles. The highest BCUT2D eigenvalue weighted by Gasteiger charge is 2.24. The van der Waals surface area contributed by atoms with Crippen LogP contribution in [-0.2, 0) is 0 Å². The SMILES string of the molecule is C1=CC(c2nsnc2N2CCCC2)NCN1. The topological polar surface area (TPSA) is 53.1 Å². The fourth-order valence-electron chi connectivity index (χ4n) is 2.18. The van der Waals surface area contributed by atoms with E-state index in [0.29, 0.717) is 0 Å². The minimum Gasteiger partial charge on any atom is -0.379 e. The zero-order valence-corrected chi connectivity index (χ0v) is 9.83. The van der Waals surface area contributed by atoms with Crippen molar-refractivity contribution in [3.63, 3.8) is 0 Å². The predicted molar refractivity (Wildman–Crippen MR) is 64.4 cm³/mol. The molecule has 1 unspecified atom stereocenters. The van der Waals surface area contributed by atoms with Crippen molar-refractivity contribution in [3.8, 4) is 0 Å². The summed E-state index contributed by atoms with van der Waals surface area (Å²) in [5, 5.41) is 6.48. The van der Waals surface area contributed by atoms with Gasteiger partial charge in [-0.3, -0.25) is 5.32 Å². The lowest BCUT2D eigenvalue weighted by Crippen LogP contribution is -2.34. The minimum atomic E-state index is 0.204. The van der Waals surface area contributed by atoms with Crippen LogP contribution in [0.5, 0.6) is 0 Å². The van der Waals surface area contributed by atoms with Gasteiger partial charge in [0.05, 0.1) is 24.4 Å². The summed E-state index contributed by atoms with van der Waals surface area (Å²) in [6, 6.07) is 0.204.